The number of hydrogen-bond acceptors (Lipinski definition) is 4. The number of methoxy groups -OCH3 is 2. The van der Waals surface area contributed by atoms with Gasteiger partial charge < -0.3 is 14.8 Å². The van der Waals surface area contributed by atoms with Gasteiger partial charge in [0.25, 0.3) is 0 Å². The van der Waals surface area contributed by atoms with Crippen LogP contribution in [0.25, 0.3) is 0 Å². The van der Waals surface area contributed by atoms with Gasteiger partial charge in [0.1, 0.15) is 18.0 Å². The third-order valence-electron chi connectivity index (χ3n) is 3.78. The molecule has 0 spiro atoms. The molecule has 0 saturated carbocycles. The Morgan fingerprint density at radius 3 is 2.40 bits per heavy atom. The van der Waals surface area contributed by atoms with Crippen LogP contribution in [-0.4, -0.2) is 32.6 Å². The summed E-state index contributed by atoms with van der Waals surface area (Å²) in [6.07, 6.45) is 0. The fourth-order valence-electron chi connectivity index (χ4n) is 2.42. The predicted octanol–water partition coefficient (Wildman–Crippen LogP) is 3.00. The highest BCUT2D eigenvalue weighted by molar-refractivity contribution is 6.03. The number of ether oxygens (including phenoxy) is 2. The Labute approximate surface area is 147 Å². The molecule has 0 aliphatic heterocycles. The topological polar surface area (TPSA) is 67.9 Å². The first-order chi connectivity index (χ1) is 12.0. The summed E-state index contributed by atoms with van der Waals surface area (Å²) in [7, 11) is 3.05. The van der Waals surface area contributed by atoms with Crippen molar-refractivity contribution in [1.82, 2.24) is 0 Å². The Kier molecular flexibility index (Phi) is 6.00. The average molecular weight is 342 g/mol. The lowest BCUT2D eigenvalue weighted by Gasteiger charge is -2.23. The summed E-state index contributed by atoms with van der Waals surface area (Å²) in [4.78, 5) is 25.9. The van der Waals surface area contributed by atoms with E-state index in [-0.39, 0.29) is 18.4 Å². The lowest BCUT2D eigenvalue weighted by Crippen LogP contribution is -2.37. The van der Waals surface area contributed by atoms with Crippen molar-refractivity contribution < 1.29 is 19.1 Å². The molecule has 132 valence electrons. The van der Waals surface area contributed by atoms with E-state index in [1.54, 1.807) is 18.2 Å². The monoisotopic (exact) mass is 342 g/mol. The summed E-state index contributed by atoms with van der Waals surface area (Å²) in [5.41, 5.74) is 2.15. The molecule has 0 unspecified atom stereocenters. The van der Waals surface area contributed by atoms with E-state index in [9.17, 15) is 9.59 Å². The molecule has 0 heterocycles. The standard InChI is InChI=1S/C19H22N2O4/c1-13-7-5-6-8-16(13)20-19(23)12-21(14(2)22)17-11-15(24-3)9-10-18(17)25-4/h5-11H,12H2,1-4H3,(H,20,23). The van der Waals surface area contributed by atoms with Gasteiger partial charge >= 0.3 is 0 Å². The smallest absolute Gasteiger partial charge is 0.244 e. The molecule has 6 heteroatoms. The highest BCUT2D eigenvalue weighted by atomic mass is 16.5. The lowest BCUT2D eigenvalue weighted by molar-refractivity contribution is -0.120. The van der Waals surface area contributed by atoms with Gasteiger partial charge in [-0.05, 0) is 30.7 Å². The first-order valence-electron chi connectivity index (χ1n) is 7.82. The van der Waals surface area contributed by atoms with E-state index in [2.05, 4.69) is 5.32 Å². The number of benzene rings is 2. The van der Waals surface area contributed by atoms with Crippen LogP contribution in [0, 0.1) is 6.92 Å². The Morgan fingerprint density at radius 2 is 1.80 bits per heavy atom. The van der Waals surface area contributed by atoms with E-state index in [0.717, 1.165) is 5.56 Å². The maximum Gasteiger partial charge on any atom is 0.244 e. The summed E-state index contributed by atoms with van der Waals surface area (Å²) in [6.45, 7) is 3.18. The maximum atomic E-state index is 12.4. The van der Waals surface area contributed by atoms with E-state index in [4.69, 9.17) is 9.47 Å². The van der Waals surface area contributed by atoms with Gasteiger partial charge in [-0.25, -0.2) is 0 Å². The number of aryl methyl sites for hydroxylation is 1. The lowest BCUT2D eigenvalue weighted by atomic mass is 10.2. The zero-order valence-electron chi connectivity index (χ0n) is 14.8. The van der Waals surface area contributed by atoms with Crippen LogP contribution in [0.3, 0.4) is 0 Å². The molecule has 1 N–H and O–H groups in total. The first kappa shape index (κ1) is 18.3. The molecule has 2 aromatic carbocycles. The number of para-hydroxylation sites is 1. The quantitative estimate of drug-likeness (QED) is 0.876. The van der Waals surface area contributed by atoms with Crippen molar-refractivity contribution in [2.24, 2.45) is 0 Å². The van der Waals surface area contributed by atoms with Gasteiger partial charge in [0.15, 0.2) is 0 Å². The van der Waals surface area contributed by atoms with Crippen LogP contribution in [0.15, 0.2) is 42.5 Å². The number of carbonyl (C=O) groups excluding carboxylic acids is 2. The summed E-state index contributed by atoms with van der Waals surface area (Å²) in [5, 5.41) is 2.83. The fourth-order valence-corrected chi connectivity index (χ4v) is 2.42. The number of amides is 2. The molecule has 0 bridgehead atoms. The van der Waals surface area contributed by atoms with Gasteiger partial charge in [-0.2, -0.15) is 0 Å². The van der Waals surface area contributed by atoms with Crippen LogP contribution in [0.5, 0.6) is 11.5 Å². The number of rotatable bonds is 6. The van der Waals surface area contributed by atoms with Crippen molar-refractivity contribution >= 4 is 23.2 Å². The van der Waals surface area contributed by atoms with Crippen molar-refractivity contribution in [1.29, 1.82) is 0 Å². The van der Waals surface area contributed by atoms with Gasteiger partial charge in [0.05, 0.1) is 19.9 Å². The second kappa shape index (κ2) is 8.19. The molecule has 0 aromatic heterocycles. The van der Waals surface area contributed by atoms with Crippen LogP contribution in [0.1, 0.15) is 12.5 Å². The van der Waals surface area contributed by atoms with E-state index < -0.39 is 0 Å². The average Bonchev–Trinajstić information content (AvgIpc) is 2.61. The van der Waals surface area contributed by atoms with Crippen molar-refractivity contribution in [3.05, 3.63) is 48.0 Å². The van der Waals surface area contributed by atoms with Crippen molar-refractivity contribution in [2.75, 3.05) is 31.0 Å². The molecule has 2 amide bonds. The van der Waals surface area contributed by atoms with Crippen molar-refractivity contribution in [3.8, 4) is 11.5 Å². The minimum atomic E-state index is -0.297. The summed E-state index contributed by atoms with van der Waals surface area (Å²) < 4.78 is 10.5. The number of anilines is 2. The van der Waals surface area contributed by atoms with E-state index in [1.807, 2.05) is 31.2 Å². The molecule has 2 rings (SSSR count). The second-order valence-corrected chi connectivity index (χ2v) is 5.51. The predicted molar refractivity (Wildman–Crippen MR) is 97.4 cm³/mol. The number of nitrogens with zero attached hydrogens (tertiary/aromatic N) is 1. The van der Waals surface area contributed by atoms with Gasteiger partial charge in [0.2, 0.25) is 11.8 Å². The van der Waals surface area contributed by atoms with Gasteiger partial charge in [-0.1, -0.05) is 18.2 Å². The normalized spacial score (nSPS) is 10.1. The van der Waals surface area contributed by atoms with Gasteiger partial charge in [-0.3, -0.25) is 14.5 Å². The largest absolute Gasteiger partial charge is 0.497 e. The molecule has 0 atom stereocenters. The summed E-state index contributed by atoms with van der Waals surface area (Å²) in [6, 6.07) is 12.6. The number of hydrogen-bond donors (Lipinski definition) is 1. The van der Waals surface area contributed by atoms with Crippen LogP contribution in [-0.2, 0) is 9.59 Å². The summed E-state index contributed by atoms with van der Waals surface area (Å²) >= 11 is 0. The Bertz CT molecular complexity index is 774. The van der Waals surface area contributed by atoms with Gasteiger partial charge in [-0.15, -0.1) is 0 Å². The molecule has 25 heavy (non-hydrogen) atoms. The fraction of sp³-hybridized carbons (Fsp3) is 0.263. The van der Waals surface area contributed by atoms with E-state index >= 15 is 0 Å². The second-order valence-electron chi connectivity index (χ2n) is 5.51. The third-order valence-corrected chi connectivity index (χ3v) is 3.78. The molecule has 0 saturated heterocycles. The molecule has 0 aliphatic rings. The zero-order chi connectivity index (χ0) is 18.4. The minimum absolute atomic E-state index is 0.132. The SMILES string of the molecule is COc1ccc(OC)c(N(CC(=O)Nc2ccccc2C)C(C)=O)c1. The van der Waals surface area contributed by atoms with Crippen LogP contribution < -0.4 is 19.7 Å². The van der Waals surface area contributed by atoms with Gasteiger partial charge in [0, 0.05) is 18.7 Å². The third kappa shape index (κ3) is 4.50. The Hall–Kier alpha value is -3.02. The Balaban J connectivity index is 2.26. The highest BCUT2D eigenvalue weighted by Gasteiger charge is 2.20. The Morgan fingerprint density at radius 1 is 1.08 bits per heavy atom. The number of carbonyl (C=O) groups is 2. The van der Waals surface area contributed by atoms with E-state index in [0.29, 0.717) is 22.9 Å². The van der Waals surface area contributed by atoms with E-state index in [1.165, 1.54) is 26.0 Å². The number of nitrogens with one attached hydrogen (secondary N) is 1. The van der Waals surface area contributed by atoms with Crippen LogP contribution >= 0.6 is 0 Å². The zero-order valence-corrected chi connectivity index (χ0v) is 14.8. The van der Waals surface area contributed by atoms with Crippen LogP contribution in [0.2, 0.25) is 0 Å². The van der Waals surface area contributed by atoms with Crippen LogP contribution in [0.4, 0.5) is 11.4 Å². The molecule has 0 radical (unpaired) electrons. The molecular formula is C19H22N2O4. The highest BCUT2D eigenvalue weighted by Crippen LogP contribution is 2.32. The molecule has 0 fully saturated rings. The van der Waals surface area contributed by atoms with Crippen molar-refractivity contribution in [3.63, 3.8) is 0 Å². The minimum Gasteiger partial charge on any atom is -0.497 e. The molecule has 0 aliphatic carbocycles. The molecule has 6 nitrogen and oxygen atoms in total. The first-order valence-corrected chi connectivity index (χ1v) is 7.82. The maximum absolute atomic E-state index is 12.4. The van der Waals surface area contributed by atoms with Crippen molar-refractivity contribution in [2.45, 2.75) is 13.8 Å². The molecule has 2 aromatic rings. The summed E-state index contributed by atoms with van der Waals surface area (Å²) in [5.74, 6) is 0.488. The molecular weight excluding hydrogens is 320 g/mol.